The smallest absolute Gasteiger partial charge is 0.363 e. The predicted octanol–water partition coefficient (Wildman–Crippen LogP) is 2.26. The lowest BCUT2D eigenvalue weighted by atomic mass is 10.0. The maximum absolute atomic E-state index is 12.7. The number of nitrogens with zero attached hydrogens (tertiary/aromatic N) is 2. The fourth-order valence-electron chi connectivity index (χ4n) is 3.31. The molecule has 2 heterocycles. The van der Waals surface area contributed by atoms with Gasteiger partial charge in [-0.15, -0.1) is 0 Å². The molecule has 33 heavy (non-hydrogen) atoms. The van der Waals surface area contributed by atoms with E-state index in [1.807, 2.05) is 0 Å². The summed E-state index contributed by atoms with van der Waals surface area (Å²) in [5, 5.41) is 9.77. The Kier molecular flexibility index (Phi) is 7.49. The lowest BCUT2D eigenvalue weighted by Gasteiger charge is -2.28. The van der Waals surface area contributed by atoms with Crippen molar-refractivity contribution in [1.82, 2.24) is 20.4 Å². The van der Waals surface area contributed by atoms with Gasteiger partial charge in [-0.1, -0.05) is 18.5 Å². The molecular weight excluding hydrogens is 452 g/mol. The summed E-state index contributed by atoms with van der Waals surface area (Å²) in [6.45, 7) is 4.80. The molecule has 2 amide bonds. The van der Waals surface area contributed by atoms with Gasteiger partial charge in [0.25, 0.3) is 0 Å². The third kappa shape index (κ3) is 5.40. The first-order chi connectivity index (χ1) is 15.7. The van der Waals surface area contributed by atoms with E-state index in [2.05, 4.69) is 15.7 Å². The number of benzene rings is 1. The highest BCUT2D eigenvalue weighted by Gasteiger charge is 2.32. The lowest BCUT2D eigenvalue weighted by Crippen LogP contribution is -2.51. The van der Waals surface area contributed by atoms with E-state index in [1.165, 1.54) is 10.7 Å². The highest BCUT2D eigenvalue weighted by Crippen LogP contribution is 2.18. The van der Waals surface area contributed by atoms with Gasteiger partial charge in [0, 0.05) is 16.8 Å². The molecule has 1 atom stereocenters. The van der Waals surface area contributed by atoms with E-state index in [0.717, 1.165) is 0 Å². The number of aryl methyl sites for hydroxylation is 1. The molecule has 1 aliphatic rings. The number of rotatable bonds is 7. The Labute approximate surface area is 194 Å². The van der Waals surface area contributed by atoms with E-state index in [0.29, 0.717) is 22.8 Å². The first-order valence-electron chi connectivity index (χ1n) is 10.3. The average molecular weight is 475 g/mol. The lowest BCUT2D eigenvalue weighted by molar-refractivity contribution is -0.139. The summed E-state index contributed by atoms with van der Waals surface area (Å²) >= 11 is 5.92. The van der Waals surface area contributed by atoms with Gasteiger partial charge >= 0.3 is 18.0 Å². The molecule has 2 N–H and O–H groups in total. The summed E-state index contributed by atoms with van der Waals surface area (Å²) in [5.41, 5.74) is 0.270. The predicted molar refractivity (Wildman–Crippen MR) is 119 cm³/mol. The van der Waals surface area contributed by atoms with Crippen molar-refractivity contribution in [2.75, 3.05) is 13.2 Å². The summed E-state index contributed by atoms with van der Waals surface area (Å²) in [7, 11) is 0. The summed E-state index contributed by atoms with van der Waals surface area (Å²) in [5.74, 6) is -1.64. The number of esters is 2. The largest absolute Gasteiger partial charge is 0.463 e. The minimum Gasteiger partial charge on any atom is -0.463 e. The molecule has 10 nitrogen and oxygen atoms in total. The van der Waals surface area contributed by atoms with Crippen LogP contribution in [0.5, 0.6) is 0 Å². The third-order valence-electron chi connectivity index (χ3n) is 4.87. The van der Waals surface area contributed by atoms with Crippen LogP contribution >= 0.6 is 11.6 Å². The van der Waals surface area contributed by atoms with Gasteiger partial charge in [0.15, 0.2) is 0 Å². The van der Waals surface area contributed by atoms with Crippen molar-refractivity contribution in [3.05, 3.63) is 68.2 Å². The molecule has 0 aliphatic carbocycles. The second-order valence-corrected chi connectivity index (χ2v) is 7.57. The standard InChI is InChI=1S/C22H23ClN4O6/c1-4-15-18(20(29)32-5-2)16(25-22(31)24-15)11-33-21(30)19-17(28)10-12(3)27(26-19)14-8-6-13(23)7-9-14/h6-10,15H,4-5,11H2,1-3H3,(H2,24,25,31). The summed E-state index contributed by atoms with van der Waals surface area (Å²) in [4.78, 5) is 49.5. The van der Waals surface area contributed by atoms with Gasteiger partial charge in [0.05, 0.1) is 29.6 Å². The van der Waals surface area contributed by atoms with Gasteiger partial charge in [-0.3, -0.25) is 4.79 Å². The van der Waals surface area contributed by atoms with Crippen LogP contribution in [0.15, 0.2) is 46.4 Å². The Hall–Kier alpha value is -3.66. The Morgan fingerprint density at radius 3 is 2.45 bits per heavy atom. The van der Waals surface area contributed by atoms with Crippen LogP contribution in [0.2, 0.25) is 5.02 Å². The van der Waals surface area contributed by atoms with Crippen molar-refractivity contribution in [2.24, 2.45) is 0 Å². The SMILES string of the molecule is CCOC(=O)C1=C(COC(=O)c2nn(-c3ccc(Cl)cc3)c(C)cc2=O)NC(=O)NC1CC. The van der Waals surface area contributed by atoms with Crippen LogP contribution in [0.1, 0.15) is 36.5 Å². The molecule has 0 bridgehead atoms. The van der Waals surface area contributed by atoms with Crippen molar-refractivity contribution in [3.8, 4) is 5.69 Å². The number of ether oxygens (including phenoxy) is 2. The summed E-state index contributed by atoms with van der Waals surface area (Å²) in [6.07, 6.45) is 0.421. The van der Waals surface area contributed by atoms with Gasteiger partial charge in [-0.05, 0) is 44.5 Å². The Balaban J connectivity index is 1.89. The third-order valence-corrected chi connectivity index (χ3v) is 5.12. The summed E-state index contributed by atoms with van der Waals surface area (Å²) in [6, 6.07) is 6.80. The van der Waals surface area contributed by atoms with E-state index in [9.17, 15) is 19.2 Å². The molecular formula is C22H23ClN4O6. The number of nitrogens with one attached hydrogen (secondary N) is 2. The van der Waals surface area contributed by atoms with Gasteiger partial charge in [0.2, 0.25) is 11.1 Å². The minimum absolute atomic E-state index is 0.0857. The average Bonchev–Trinajstić information content (AvgIpc) is 2.78. The first kappa shape index (κ1) is 24.0. The second kappa shape index (κ2) is 10.3. The molecule has 1 aromatic carbocycles. The number of amides is 2. The van der Waals surface area contributed by atoms with Crippen LogP contribution in [0.4, 0.5) is 4.79 Å². The number of halogens is 1. The number of aromatic nitrogens is 2. The minimum atomic E-state index is -1.00. The van der Waals surface area contributed by atoms with Crippen molar-refractivity contribution in [1.29, 1.82) is 0 Å². The number of carbonyl (C=O) groups is 3. The maximum atomic E-state index is 12.7. The van der Waals surface area contributed by atoms with Crippen LogP contribution in [0.25, 0.3) is 5.69 Å². The molecule has 1 aliphatic heterocycles. The number of hydrogen-bond donors (Lipinski definition) is 2. The van der Waals surface area contributed by atoms with Crippen LogP contribution in [-0.2, 0) is 14.3 Å². The zero-order valence-electron chi connectivity index (χ0n) is 18.3. The number of urea groups is 1. The van der Waals surface area contributed by atoms with Gasteiger partial charge in [-0.25, -0.2) is 19.1 Å². The molecule has 11 heteroatoms. The molecule has 174 valence electrons. The van der Waals surface area contributed by atoms with Crippen molar-refractivity contribution < 1.29 is 23.9 Å². The van der Waals surface area contributed by atoms with Gasteiger partial charge < -0.3 is 20.1 Å². The topological polar surface area (TPSA) is 129 Å². The van der Waals surface area contributed by atoms with Crippen LogP contribution < -0.4 is 16.1 Å². The molecule has 0 fully saturated rings. The Morgan fingerprint density at radius 1 is 1.12 bits per heavy atom. The fourth-order valence-corrected chi connectivity index (χ4v) is 3.44. The number of carbonyl (C=O) groups excluding carboxylic acids is 3. The monoisotopic (exact) mass is 474 g/mol. The normalized spacial score (nSPS) is 15.5. The second-order valence-electron chi connectivity index (χ2n) is 7.13. The van der Waals surface area contributed by atoms with Crippen LogP contribution in [0, 0.1) is 6.92 Å². The Morgan fingerprint density at radius 2 is 1.82 bits per heavy atom. The fraction of sp³-hybridized carbons (Fsp3) is 0.318. The van der Waals surface area contributed by atoms with E-state index in [4.69, 9.17) is 21.1 Å². The van der Waals surface area contributed by atoms with Gasteiger partial charge in [-0.2, -0.15) is 5.10 Å². The highest BCUT2D eigenvalue weighted by atomic mass is 35.5. The van der Waals surface area contributed by atoms with Crippen LogP contribution in [-0.4, -0.2) is 47.0 Å². The van der Waals surface area contributed by atoms with Crippen molar-refractivity contribution >= 4 is 29.6 Å². The van der Waals surface area contributed by atoms with E-state index in [-0.39, 0.29) is 17.9 Å². The quantitative estimate of drug-likeness (QED) is 0.589. The molecule has 0 radical (unpaired) electrons. The molecule has 1 aromatic heterocycles. The summed E-state index contributed by atoms with van der Waals surface area (Å²) < 4.78 is 11.7. The molecule has 2 aromatic rings. The van der Waals surface area contributed by atoms with Crippen molar-refractivity contribution in [2.45, 2.75) is 33.2 Å². The molecule has 0 saturated heterocycles. The molecule has 3 rings (SSSR count). The molecule has 0 spiro atoms. The van der Waals surface area contributed by atoms with E-state index < -0.39 is 41.7 Å². The zero-order chi connectivity index (χ0) is 24.1. The highest BCUT2D eigenvalue weighted by molar-refractivity contribution is 6.30. The van der Waals surface area contributed by atoms with E-state index >= 15 is 0 Å². The van der Waals surface area contributed by atoms with Gasteiger partial charge in [0.1, 0.15) is 6.61 Å². The van der Waals surface area contributed by atoms with E-state index in [1.54, 1.807) is 45.0 Å². The first-order valence-corrected chi connectivity index (χ1v) is 10.6. The maximum Gasteiger partial charge on any atom is 0.363 e. The molecule has 0 saturated carbocycles. The zero-order valence-corrected chi connectivity index (χ0v) is 19.1. The Bertz CT molecular complexity index is 1170. The van der Waals surface area contributed by atoms with Crippen molar-refractivity contribution in [3.63, 3.8) is 0 Å². The van der Waals surface area contributed by atoms with Crippen LogP contribution in [0.3, 0.4) is 0 Å². The number of hydrogen-bond acceptors (Lipinski definition) is 7. The molecule has 1 unspecified atom stereocenters.